The van der Waals surface area contributed by atoms with E-state index in [-0.39, 0.29) is 6.04 Å². The average Bonchev–Trinajstić information content (AvgIpc) is 2.28. The molecular weight excluding hydrogens is 208 g/mol. The van der Waals surface area contributed by atoms with Crippen molar-refractivity contribution in [3.8, 4) is 0 Å². The molecule has 0 amide bonds. The molecule has 0 radical (unpaired) electrons. The number of fused-ring (bicyclic) bond motifs is 1. The van der Waals surface area contributed by atoms with E-state index in [1.807, 2.05) is 12.3 Å². The number of rotatable bonds is 3. The molecule has 0 saturated heterocycles. The van der Waals surface area contributed by atoms with Gasteiger partial charge < -0.3 is 5.73 Å². The first kappa shape index (κ1) is 12.1. The quantitative estimate of drug-likeness (QED) is 0.875. The lowest BCUT2D eigenvalue weighted by Crippen LogP contribution is -2.28. The van der Waals surface area contributed by atoms with E-state index in [9.17, 15) is 0 Å². The SMILES string of the molecule is CC(C)C(c1ccnc2ccccc12)C(C)N. The summed E-state index contributed by atoms with van der Waals surface area (Å²) in [5, 5.41) is 1.23. The van der Waals surface area contributed by atoms with Crippen LogP contribution in [0.5, 0.6) is 0 Å². The first-order valence-corrected chi connectivity index (χ1v) is 6.20. The molecule has 2 rings (SSSR count). The van der Waals surface area contributed by atoms with Gasteiger partial charge in [0.2, 0.25) is 0 Å². The van der Waals surface area contributed by atoms with E-state index in [0.29, 0.717) is 11.8 Å². The minimum absolute atomic E-state index is 0.154. The van der Waals surface area contributed by atoms with Crippen LogP contribution in [0.4, 0.5) is 0 Å². The molecule has 0 fully saturated rings. The van der Waals surface area contributed by atoms with Gasteiger partial charge in [0.15, 0.2) is 0 Å². The molecule has 0 aliphatic carbocycles. The number of hydrogen-bond acceptors (Lipinski definition) is 2. The van der Waals surface area contributed by atoms with E-state index < -0.39 is 0 Å². The van der Waals surface area contributed by atoms with Gasteiger partial charge in [-0.05, 0) is 30.5 Å². The van der Waals surface area contributed by atoms with Crippen LogP contribution in [0.15, 0.2) is 36.5 Å². The summed E-state index contributed by atoms with van der Waals surface area (Å²) in [6.07, 6.45) is 1.88. The van der Waals surface area contributed by atoms with Crippen LogP contribution >= 0.6 is 0 Å². The number of nitrogens with zero attached hydrogens (tertiary/aromatic N) is 1. The number of nitrogens with two attached hydrogens (primary N) is 1. The number of hydrogen-bond donors (Lipinski definition) is 1. The molecule has 0 spiro atoms. The van der Waals surface area contributed by atoms with Gasteiger partial charge in [-0.3, -0.25) is 4.98 Å². The second kappa shape index (κ2) is 4.84. The fourth-order valence-corrected chi connectivity index (χ4v) is 2.66. The highest BCUT2D eigenvalue weighted by Crippen LogP contribution is 2.31. The predicted molar refractivity (Wildman–Crippen MR) is 73.0 cm³/mol. The molecule has 1 aromatic heterocycles. The van der Waals surface area contributed by atoms with E-state index in [1.54, 1.807) is 0 Å². The van der Waals surface area contributed by atoms with Crippen molar-refractivity contribution < 1.29 is 0 Å². The van der Waals surface area contributed by atoms with Gasteiger partial charge in [0, 0.05) is 23.5 Å². The number of para-hydroxylation sites is 1. The predicted octanol–water partition coefficient (Wildman–Crippen LogP) is 3.32. The second-order valence-electron chi connectivity index (χ2n) is 5.05. The van der Waals surface area contributed by atoms with Gasteiger partial charge in [0.1, 0.15) is 0 Å². The largest absolute Gasteiger partial charge is 0.327 e. The average molecular weight is 228 g/mol. The van der Waals surface area contributed by atoms with E-state index >= 15 is 0 Å². The van der Waals surface area contributed by atoms with Crippen LogP contribution < -0.4 is 5.73 Å². The van der Waals surface area contributed by atoms with Crippen molar-refractivity contribution >= 4 is 10.9 Å². The smallest absolute Gasteiger partial charge is 0.0704 e. The number of benzene rings is 1. The Hall–Kier alpha value is -1.41. The summed E-state index contributed by atoms with van der Waals surface area (Å²) in [6, 6.07) is 10.5. The summed E-state index contributed by atoms with van der Waals surface area (Å²) in [6.45, 7) is 6.53. The molecule has 1 aromatic carbocycles. The standard InChI is InChI=1S/C15H20N2/c1-10(2)15(11(3)16)13-8-9-17-14-7-5-4-6-12(13)14/h4-11,15H,16H2,1-3H3. The van der Waals surface area contributed by atoms with Crippen molar-refractivity contribution in [2.45, 2.75) is 32.7 Å². The van der Waals surface area contributed by atoms with Gasteiger partial charge in [-0.1, -0.05) is 32.0 Å². The Balaban J connectivity index is 2.61. The van der Waals surface area contributed by atoms with Crippen molar-refractivity contribution in [2.75, 3.05) is 0 Å². The van der Waals surface area contributed by atoms with Crippen LogP contribution in [0.25, 0.3) is 10.9 Å². The Morgan fingerprint density at radius 3 is 2.41 bits per heavy atom. The van der Waals surface area contributed by atoms with E-state index in [2.05, 4.69) is 50.0 Å². The minimum atomic E-state index is 0.154. The second-order valence-corrected chi connectivity index (χ2v) is 5.05. The van der Waals surface area contributed by atoms with E-state index in [4.69, 9.17) is 5.73 Å². The maximum absolute atomic E-state index is 6.14. The number of aromatic nitrogens is 1. The lowest BCUT2D eigenvalue weighted by molar-refractivity contribution is 0.438. The molecule has 2 heteroatoms. The third-order valence-corrected chi connectivity index (χ3v) is 3.33. The number of pyridine rings is 1. The summed E-state index contributed by atoms with van der Waals surface area (Å²) in [7, 11) is 0. The van der Waals surface area contributed by atoms with Crippen LogP contribution in [0.3, 0.4) is 0 Å². The molecule has 2 aromatic rings. The lowest BCUT2D eigenvalue weighted by Gasteiger charge is -2.26. The maximum atomic E-state index is 6.14. The van der Waals surface area contributed by atoms with Gasteiger partial charge in [-0.25, -0.2) is 0 Å². The molecule has 90 valence electrons. The van der Waals surface area contributed by atoms with Crippen molar-refractivity contribution in [1.29, 1.82) is 0 Å². The lowest BCUT2D eigenvalue weighted by atomic mass is 9.82. The van der Waals surface area contributed by atoms with Crippen molar-refractivity contribution in [3.05, 3.63) is 42.1 Å². The highest BCUT2D eigenvalue weighted by Gasteiger charge is 2.21. The molecule has 0 aliphatic heterocycles. The van der Waals surface area contributed by atoms with Gasteiger partial charge in [0.25, 0.3) is 0 Å². The van der Waals surface area contributed by atoms with Gasteiger partial charge in [0.05, 0.1) is 5.52 Å². The Morgan fingerprint density at radius 2 is 1.76 bits per heavy atom. The Morgan fingerprint density at radius 1 is 1.06 bits per heavy atom. The van der Waals surface area contributed by atoms with Gasteiger partial charge in [-0.15, -0.1) is 0 Å². The molecule has 1 heterocycles. The third kappa shape index (κ3) is 2.32. The summed E-state index contributed by atoms with van der Waals surface area (Å²) >= 11 is 0. The highest BCUT2D eigenvalue weighted by molar-refractivity contribution is 5.82. The monoisotopic (exact) mass is 228 g/mol. The molecule has 17 heavy (non-hydrogen) atoms. The first-order valence-electron chi connectivity index (χ1n) is 6.20. The molecule has 2 atom stereocenters. The minimum Gasteiger partial charge on any atom is -0.327 e. The summed E-state index contributed by atoms with van der Waals surface area (Å²) < 4.78 is 0. The summed E-state index contributed by atoms with van der Waals surface area (Å²) in [5.74, 6) is 0.906. The fourth-order valence-electron chi connectivity index (χ4n) is 2.66. The molecule has 2 unspecified atom stereocenters. The fraction of sp³-hybridized carbons (Fsp3) is 0.400. The Labute approximate surface area is 103 Å². The van der Waals surface area contributed by atoms with Crippen LogP contribution in [0.2, 0.25) is 0 Å². The van der Waals surface area contributed by atoms with Crippen LogP contribution in [-0.2, 0) is 0 Å². The Kier molecular flexibility index (Phi) is 3.43. The van der Waals surface area contributed by atoms with E-state index in [1.165, 1.54) is 10.9 Å². The van der Waals surface area contributed by atoms with E-state index in [0.717, 1.165) is 5.52 Å². The van der Waals surface area contributed by atoms with Gasteiger partial charge >= 0.3 is 0 Å². The van der Waals surface area contributed by atoms with Crippen LogP contribution in [0.1, 0.15) is 32.3 Å². The molecule has 2 N–H and O–H groups in total. The van der Waals surface area contributed by atoms with Gasteiger partial charge in [-0.2, -0.15) is 0 Å². The topological polar surface area (TPSA) is 38.9 Å². The zero-order chi connectivity index (χ0) is 12.4. The van der Waals surface area contributed by atoms with Crippen molar-refractivity contribution in [1.82, 2.24) is 4.98 Å². The third-order valence-electron chi connectivity index (χ3n) is 3.33. The molecule has 0 saturated carbocycles. The molecule has 2 nitrogen and oxygen atoms in total. The van der Waals surface area contributed by atoms with Crippen molar-refractivity contribution in [3.63, 3.8) is 0 Å². The zero-order valence-corrected chi connectivity index (χ0v) is 10.7. The van der Waals surface area contributed by atoms with Crippen molar-refractivity contribution in [2.24, 2.45) is 11.7 Å². The Bertz CT molecular complexity index is 490. The molecule has 0 aliphatic rings. The summed E-state index contributed by atoms with van der Waals surface area (Å²) in [4.78, 5) is 4.40. The van der Waals surface area contributed by atoms with Crippen LogP contribution in [0, 0.1) is 5.92 Å². The maximum Gasteiger partial charge on any atom is 0.0704 e. The summed E-state index contributed by atoms with van der Waals surface area (Å²) in [5.41, 5.74) is 8.51. The molecule has 0 bridgehead atoms. The van der Waals surface area contributed by atoms with Crippen LogP contribution in [-0.4, -0.2) is 11.0 Å². The first-order chi connectivity index (χ1) is 8.11. The molecular formula is C15H20N2. The normalized spacial score (nSPS) is 15.1. The zero-order valence-electron chi connectivity index (χ0n) is 10.7. The highest BCUT2D eigenvalue weighted by atomic mass is 14.7.